The Balaban J connectivity index is 2.12. The summed E-state index contributed by atoms with van der Waals surface area (Å²) in [5.74, 6) is -0.106. The molecular weight excluding hydrogens is 338 g/mol. The first-order valence-corrected chi connectivity index (χ1v) is 9.41. The third-order valence-corrected chi connectivity index (χ3v) is 4.77. The van der Waals surface area contributed by atoms with E-state index in [4.69, 9.17) is 5.73 Å². The van der Waals surface area contributed by atoms with Crippen LogP contribution in [-0.4, -0.2) is 49.3 Å². The lowest BCUT2D eigenvalue weighted by atomic mass is 9.88. The zero-order chi connectivity index (χ0) is 19.6. The van der Waals surface area contributed by atoms with E-state index in [9.17, 15) is 9.90 Å². The maximum Gasteiger partial charge on any atom is 0.312 e. The zero-order valence-corrected chi connectivity index (χ0v) is 16.3. The summed E-state index contributed by atoms with van der Waals surface area (Å²) in [5.41, 5.74) is 8.94. The molecule has 5 heteroatoms. The monoisotopic (exact) mass is 369 g/mol. The number of rotatable bonds is 10. The van der Waals surface area contributed by atoms with Gasteiger partial charge in [-0.25, -0.2) is 4.79 Å². The largest absolute Gasteiger partial charge is 0.396 e. The van der Waals surface area contributed by atoms with Crippen molar-refractivity contribution in [1.82, 2.24) is 10.2 Å². The van der Waals surface area contributed by atoms with E-state index in [2.05, 4.69) is 42.5 Å². The number of aliphatic hydroxyl groups excluding tert-OH is 1. The average molecular weight is 370 g/mol. The van der Waals surface area contributed by atoms with Gasteiger partial charge < -0.3 is 21.1 Å². The van der Waals surface area contributed by atoms with Crippen LogP contribution in [0.2, 0.25) is 0 Å². The number of carbonyl (C=O) groups excluding carboxylic acids is 1. The molecule has 0 spiro atoms. The van der Waals surface area contributed by atoms with E-state index in [-0.39, 0.29) is 18.6 Å². The smallest absolute Gasteiger partial charge is 0.312 e. The van der Waals surface area contributed by atoms with Gasteiger partial charge >= 0.3 is 6.03 Å². The van der Waals surface area contributed by atoms with E-state index in [1.54, 1.807) is 0 Å². The molecule has 2 atom stereocenters. The van der Waals surface area contributed by atoms with Crippen LogP contribution in [0.15, 0.2) is 54.6 Å². The number of amides is 2. The highest BCUT2D eigenvalue weighted by Gasteiger charge is 2.23. The van der Waals surface area contributed by atoms with Crippen LogP contribution in [0.1, 0.15) is 16.7 Å². The summed E-state index contributed by atoms with van der Waals surface area (Å²) < 4.78 is 0. The fourth-order valence-electron chi connectivity index (χ4n) is 3.29. The quantitative estimate of drug-likeness (QED) is 0.601. The summed E-state index contributed by atoms with van der Waals surface area (Å²) in [7, 11) is 4.12. The minimum atomic E-state index is -0.560. The van der Waals surface area contributed by atoms with Crippen molar-refractivity contribution in [1.29, 1.82) is 0 Å². The molecule has 1 unspecified atom stereocenters. The van der Waals surface area contributed by atoms with Gasteiger partial charge in [0.2, 0.25) is 0 Å². The molecule has 0 aliphatic heterocycles. The number of likely N-dealkylation sites (N-methyl/N-ethyl adjacent to an activating group) is 1. The fraction of sp³-hybridized carbons (Fsp3) is 0.409. The number of nitrogens with two attached hydrogens (primary N) is 1. The molecule has 2 rings (SSSR count). The van der Waals surface area contributed by atoms with Crippen LogP contribution in [0.4, 0.5) is 4.79 Å². The van der Waals surface area contributed by atoms with Crippen LogP contribution < -0.4 is 11.1 Å². The third-order valence-electron chi connectivity index (χ3n) is 4.77. The number of aliphatic hydroxyl groups is 1. The van der Waals surface area contributed by atoms with Gasteiger partial charge in [-0.15, -0.1) is 0 Å². The predicted molar refractivity (Wildman–Crippen MR) is 110 cm³/mol. The topological polar surface area (TPSA) is 78.6 Å². The van der Waals surface area contributed by atoms with E-state index in [1.165, 1.54) is 5.56 Å². The van der Waals surface area contributed by atoms with Crippen LogP contribution in [0, 0.1) is 5.92 Å². The van der Waals surface area contributed by atoms with E-state index < -0.39 is 6.03 Å². The van der Waals surface area contributed by atoms with Crippen LogP contribution >= 0.6 is 0 Å². The van der Waals surface area contributed by atoms with Crippen LogP contribution in [0.25, 0.3) is 0 Å². The Morgan fingerprint density at radius 3 is 2.33 bits per heavy atom. The number of benzene rings is 2. The van der Waals surface area contributed by atoms with Crippen molar-refractivity contribution >= 4 is 6.03 Å². The molecule has 0 aromatic heterocycles. The first-order chi connectivity index (χ1) is 13.0. The molecule has 0 aliphatic carbocycles. The van der Waals surface area contributed by atoms with Crippen molar-refractivity contribution in [2.75, 3.05) is 27.2 Å². The summed E-state index contributed by atoms with van der Waals surface area (Å²) >= 11 is 0. The first kappa shape index (κ1) is 20.9. The summed E-state index contributed by atoms with van der Waals surface area (Å²) in [6, 6.07) is 17.6. The van der Waals surface area contributed by atoms with Crippen molar-refractivity contribution < 1.29 is 9.90 Å². The van der Waals surface area contributed by atoms with Crippen LogP contribution in [0.3, 0.4) is 0 Å². The Bertz CT molecular complexity index is 704. The highest BCUT2D eigenvalue weighted by atomic mass is 16.3. The van der Waals surface area contributed by atoms with Crippen molar-refractivity contribution in [3.8, 4) is 0 Å². The van der Waals surface area contributed by atoms with Crippen molar-refractivity contribution in [2.45, 2.75) is 25.3 Å². The Hall–Kier alpha value is -2.37. The summed E-state index contributed by atoms with van der Waals surface area (Å²) in [5, 5.41) is 12.8. The zero-order valence-electron chi connectivity index (χ0n) is 16.3. The molecule has 0 saturated carbocycles. The van der Waals surface area contributed by atoms with Crippen LogP contribution in [-0.2, 0) is 19.3 Å². The van der Waals surface area contributed by atoms with E-state index in [0.29, 0.717) is 12.8 Å². The molecule has 0 fully saturated rings. The highest BCUT2D eigenvalue weighted by molar-refractivity contribution is 5.72. The molecule has 146 valence electrons. The number of hydrogen-bond donors (Lipinski definition) is 3. The summed E-state index contributed by atoms with van der Waals surface area (Å²) in [6.07, 6.45) is 2.29. The van der Waals surface area contributed by atoms with Crippen molar-refractivity contribution in [2.24, 2.45) is 11.7 Å². The van der Waals surface area contributed by atoms with Gasteiger partial charge in [0.1, 0.15) is 0 Å². The lowest BCUT2D eigenvalue weighted by Crippen LogP contribution is -2.46. The van der Waals surface area contributed by atoms with Gasteiger partial charge in [-0.3, -0.25) is 0 Å². The van der Waals surface area contributed by atoms with Crippen LogP contribution in [0.5, 0.6) is 0 Å². The minimum absolute atomic E-state index is 0.0137. The molecule has 0 heterocycles. The van der Waals surface area contributed by atoms with Gasteiger partial charge in [0.25, 0.3) is 0 Å². The average Bonchev–Trinajstić information content (AvgIpc) is 2.65. The third kappa shape index (κ3) is 7.41. The standard InChI is InChI=1S/C22H31N3O2/c1-25(2)12-11-18-9-6-10-19(13-18)15-21(24-22(23)27)20(16-26)14-17-7-4-3-5-8-17/h3-10,13,20-21,26H,11-12,14-16H2,1-2H3,(H3,23,24,27)/t20-,21?/m1/s1. The molecule has 0 aliphatic rings. The Kier molecular flexibility index (Phi) is 8.30. The van der Waals surface area contributed by atoms with Gasteiger partial charge in [-0.2, -0.15) is 0 Å². The van der Waals surface area contributed by atoms with E-state index >= 15 is 0 Å². The summed E-state index contributed by atoms with van der Waals surface area (Å²) in [4.78, 5) is 13.7. The van der Waals surface area contributed by atoms with Gasteiger partial charge in [-0.05, 0) is 50.0 Å². The summed E-state index contributed by atoms with van der Waals surface area (Å²) in [6.45, 7) is 0.972. The van der Waals surface area contributed by atoms with Crippen molar-refractivity contribution in [3.63, 3.8) is 0 Å². The maximum absolute atomic E-state index is 11.5. The van der Waals surface area contributed by atoms with Gasteiger partial charge in [-0.1, -0.05) is 54.6 Å². The molecule has 2 amide bonds. The van der Waals surface area contributed by atoms with E-state index in [1.807, 2.05) is 36.4 Å². The van der Waals surface area contributed by atoms with Gasteiger partial charge in [0.05, 0.1) is 0 Å². The number of nitrogens with one attached hydrogen (secondary N) is 1. The fourth-order valence-corrected chi connectivity index (χ4v) is 3.29. The molecule has 0 saturated heterocycles. The molecule has 2 aromatic carbocycles. The van der Waals surface area contributed by atoms with E-state index in [0.717, 1.165) is 24.1 Å². The molecule has 5 nitrogen and oxygen atoms in total. The van der Waals surface area contributed by atoms with Gasteiger partial charge in [0.15, 0.2) is 0 Å². The predicted octanol–water partition coefficient (Wildman–Crippen LogP) is 2.22. The Morgan fingerprint density at radius 1 is 1.04 bits per heavy atom. The molecule has 4 N–H and O–H groups in total. The second-order valence-corrected chi connectivity index (χ2v) is 7.32. The second-order valence-electron chi connectivity index (χ2n) is 7.32. The Morgan fingerprint density at radius 2 is 1.70 bits per heavy atom. The first-order valence-electron chi connectivity index (χ1n) is 9.41. The molecule has 27 heavy (non-hydrogen) atoms. The molecule has 0 bridgehead atoms. The number of nitrogens with zero attached hydrogens (tertiary/aromatic N) is 1. The van der Waals surface area contributed by atoms with Gasteiger partial charge in [0, 0.05) is 25.1 Å². The number of urea groups is 1. The molecular formula is C22H31N3O2. The normalized spacial score (nSPS) is 13.3. The number of primary amides is 1. The van der Waals surface area contributed by atoms with Crippen molar-refractivity contribution in [3.05, 3.63) is 71.3 Å². The lowest BCUT2D eigenvalue weighted by molar-refractivity contribution is 0.186. The SMILES string of the molecule is CN(C)CCc1cccc(CC(NC(N)=O)[C@@H](CO)Cc2ccccc2)c1. The number of carbonyl (C=O) groups is 1. The maximum atomic E-state index is 11.5. The second kappa shape index (κ2) is 10.7. The minimum Gasteiger partial charge on any atom is -0.396 e. The lowest BCUT2D eigenvalue weighted by Gasteiger charge is -2.26. The number of hydrogen-bond acceptors (Lipinski definition) is 3. The highest BCUT2D eigenvalue weighted by Crippen LogP contribution is 2.17. The molecule has 2 aromatic rings. The molecule has 0 radical (unpaired) electrons. The Labute approximate surface area is 162 Å².